The first-order valence-corrected chi connectivity index (χ1v) is 7.53. The molecule has 0 saturated heterocycles. The fourth-order valence-corrected chi connectivity index (χ4v) is 2.34. The average molecular weight is 276 g/mol. The van der Waals surface area contributed by atoms with Gasteiger partial charge in [0.1, 0.15) is 0 Å². The van der Waals surface area contributed by atoms with E-state index < -0.39 is 0 Å². The molecule has 0 radical (unpaired) electrons. The molecule has 1 atom stereocenters. The van der Waals surface area contributed by atoms with E-state index in [9.17, 15) is 4.79 Å². The van der Waals surface area contributed by atoms with E-state index in [1.165, 1.54) is 5.56 Å². The maximum Gasteiger partial charge on any atom is 0.220 e. The standard InChI is InChI=1S/C17H28N2O/c1-4-15(14-8-6-5-7-9-14)19-16(20)10-11-17(2,3)12-13-18/h5-9,15H,4,10-13,18H2,1-3H3,(H,19,20). The summed E-state index contributed by atoms with van der Waals surface area (Å²) >= 11 is 0. The van der Waals surface area contributed by atoms with Crippen LogP contribution in [-0.2, 0) is 4.79 Å². The number of carbonyl (C=O) groups is 1. The highest BCUT2D eigenvalue weighted by Crippen LogP contribution is 2.26. The van der Waals surface area contributed by atoms with E-state index in [0.29, 0.717) is 13.0 Å². The van der Waals surface area contributed by atoms with Crippen LogP contribution in [0.15, 0.2) is 30.3 Å². The molecule has 0 heterocycles. The van der Waals surface area contributed by atoms with Crippen molar-refractivity contribution in [3.63, 3.8) is 0 Å². The van der Waals surface area contributed by atoms with Crippen molar-refractivity contribution in [2.45, 2.75) is 52.5 Å². The van der Waals surface area contributed by atoms with E-state index in [1.54, 1.807) is 0 Å². The molecule has 1 unspecified atom stereocenters. The molecule has 3 heteroatoms. The van der Waals surface area contributed by atoms with Gasteiger partial charge in [0, 0.05) is 6.42 Å². The molecular formula is C17H28N2O. The minimum absolute atomic E-state index is 0.112. The Kier molecular flexibility index (Phi) is 6.73. The molecule has 0 aliphatic carbocycles. The highest BCUT2D eigenvalue weighted by Gasteiger charge is 2.19. The number of amides is 1. The Bertz CT molecular complexity index is 401. The highest BCUT2D eigenvalue weighted by atomic mass is 16.1. The third kappa shape index (κ3) is 5.74. The van der Waals surface area contributed by atoms with Gasteiger partial charge in [0.15, 0.2) is 0 Å². The minimum Gasteiger partial charge on any atom is -0.349 e. The van der Waals surface area contributed by atoms with Gasteiger partial charge in [-0.1, -0.05) is 51.1 Å². The van der Waals surface area contributed by atoms with Crippen molar-refractivity contribution >= 4 is 5.91 Å². The normalized spacial score (nSPS) is 13.0. The van der Waals surface area contributed by atoms with Gasteiger partial charge in [0.2, 0.25) is 5.91 Å². The summed E-state index contributed by atoms with van der Waals surface area (Å²) in [7, 11) is 0. The van der Waals surface area contributed by atoms with Crippen LogP contribution in [0.4, 0.5) is 0 Å². The molecule has 0 aliphatic heterocycles. The lowest BCUT2D eigenvalue weighted by molar-refractivity contribution is -0.122. The van der Waals surface area contributed by atoms with Crippen LogP contribution < -0.4 is 11.1 Å². The lowest BCUT2D eigenvalue weighted by Crippen LogP contribution is -2.29. The lowest BCUT2D eigenvalue weighted by Gasteiger charge is -2.24. The van der Waals surface area contributed by atoms with Crippen LogP contribution in [0.5, 0.6) is 0 Å². The molecule has 0 fully saturated rings. The van der Waals surface area contributed by atoms with Crippen LogP contribution in [0.2, 0.25) is 0 Å². The molecule has 0 aliphatic rings. The van der Waals surface area contributed by atoms with Crippen LogP contribution in [0.3, 0.4) is 0 Å². The van der Waals surface area contributed by atoms with Gasteiger partial charge in [0.25, 0.3) is 0 Å². The zero-order valence-electron chi connectivity index (χ0n) is 13.0. The molecule has 3 nitrogen and oxygen atoms in total. The smallest absolute Gasteiger partial charge is 0.220 e. The van der Waals surface area contributed by atoms with Gasteiger partial charge >= 0.3 is 0 Å². The second kappa shape index (κ2) is 8.05. The van der Waals surface area contributed by atoms with E-state index in [-0.39, 0.29) is 17.4 Å². The molecule has 1 rings (SSSR count). The zero-order valence-corrected chi connectivity index (χ0v) is 13.0. The summed E-state index contributed by atoms with van der Waals surface area (Å²) in [6, 6.07) is 10.2. The predicted molar refractivity (Wildman–Crippen MR) is 84.3 cm³/mol. The summed E-state index contributed by atoms with van der Waals surface area (Å²) in [6.07, 6.45) is 3.30. The minimum atomic E-state index is 0.112. The van der Waals surface area contributed by atoms with Crippen LogP contribution in [-0.4, -0.2) is 12.5 Å². The Morgan fingerprint density at radius 2 is 1.90 bits per heavy atom. The van der Waals surface area contributed by atoms with Crippen LogP contribution in [0.25, 0.3) is 0 Å². The summed E-state index contributed by atoms with van der Waals surface area (Å²) in [5.41, 5.74) is 6.91. The second-order valence-corrected chi connectivity index (χ2v) is 6.14. The van der Waals surface area contributed by atoms with Crippen molar-refractivity contribution in [1.82, 2.24) is 5.32 Å². The number of hydrogen-bond acceptors (Lipinski definition) is 2. The molecule has 112 valence electrons. The summed E-state index contributed by atoms with van der Waals surface area (Å²) in [4.78, 5) is 12.1. The molecule has 3 N–H and O–H groups in total. The molecule has 0 aromatic heterocycles. The summed E-state index contributed by atoms with van der Waals surface area (Å²) in [5.74, 6) is 0.130. The van der Waals surface area contributed by atoms with Crippen molar-refractivity contribution in [1.29, 1.82) is 0 Å². The Labute approximate surface area is 122 Å². The van der Waals surface area contributed by atoms with Gasteiger partial charge in [0.05, 0.1) is 6.04 Å². The first-order valence-electron chi connectivity index (χ1n) is 7.53. The second-order valence-electron chi connectivity index (χ2n) is 6.14. The SMILES string of the molecule is CCC(NC(=O)CCC(C)(C)CCN)c1ccccc1. The van der Waals surface area contributed by atoms with E-state index in [1.807, 2.05) is 18.2 Å². The number of carbonyl (C=O) groups excluding carboxylic acids is 1. The first kappa shape index (κ1) is 16.7. The topological polar surface area (TPSA) is 55.1 Å². The Balaban J connectivity index is 2.48. The monoisotopic (exact) mass is 276 g/mol. The van der Waals surface area contributed by atoms with Crippen LogP contribution in [0, 0.1) is 5.41 Å². The Morgan fingerprint density at radius 3 is 2.45 bits per heavy atom. The average Bonchev–Trinajstić information content (AvgIpc) is 2.43. The van der Waals surface area contributed by atoms with Crippen molar-refractivity contribution in [3.8, 4) is 0 Å². The summed E-state index contributed by atoms with van der Waals surface area (Å²) in [5, 5.41) is 3.13. The molecule has 20 heavy (non-hydrogen) atoms. The van der Waals surface area contributed by atoms with Gasteiger partial charge in [-0.3, -0.25) is 4.79 Å². The lowest BCUT2D eigenvalue weighted by atomic mass is 9.84. The Morgan fingerprint density at radius 1 is 1.25 bits per heavy atom. The van der Waals surface area contributed by atoms with Gasteiger partial charge in [-0.05, 0) is 36.8 Å². The molecule has 1 aromatic carbocycles. The third-order valence-corrected chi connectivity index (χ3v) is 3.80. The summed E-state index contributed by atoms with van der Waals surface area (Å²) < 4.78 is 0. The third-order valence-electron chi connectivity index (χ3n) is 3.80. The quantitative estimate of drug-likeness (QED) is 0.764. The maximum absolute atomic E-state index is 12.1. The van der Waals surface area contributed by atoms with Gasteiger partial charge in [-0.15, -0.1) is 0 Å². The number of benzene rings is 1. The Hall–Kier alpha value is -1.35. The predicted octanol–water partition coefficient (Wildman–Crippen LogP) is 3.41. The molecule has 1 amide bonds. The maximum atomic E-state index is 12.1. The number of nitrogens with two attached hydrogens (primary N) is 1. The highest BCUT2D eigenvalue weighted by molar-refractivity contribution is 5.76. The van der Waals surface area contributed by atoms with Crippen molar-refractivity contribution in [3.05, 3.63) is 35.9 Å². The fraction of sp³-hybridized carbons (Fsp3) is 0.588. The van der Waals surface area contributed by atoms with Gasteiger partial charge in [-0.25, -0.2) is 0 Å². The number of nitrogens with one attached hydrogen (secondary N) is 1. The molecular weight excluding hydrogens is 248 g/mol. The molecule has 0 spiro atoms. The largest absolute Gasteiger partial charge is 0.349 e. The van der Waals surface area contributed by atoms with Gasteiger partial charge < -0.3 is 11.1 Å². The molecule has 0 saturated carbocycles. The number of hydrogen-bond donors (Lipinski definition) is 2. The van der Waals surface area contributed by atoms with Crippen molar-refractivity contribution < 1.29 is 4.79 Å². The molecule has 1 aromatic rings. The van der Waals surface area contributed by atoms with Crippen LogP contribution in [0.1, 0.15) is 58.1 Å². The number of rotatable bonds is 8. The molecule has 0 bridgehead atoms. The first-order chi connectivity index (χ1) is 9.48. The summed E-state index contributed by atoms with van der Waals surface area (Å²) in [6.45, 7) is 7.11. The van der Waals surface area contributed by atoms with Crippen molar-refractivity contribution in [2.75, 3.05) is 6.54 Å². The van der Waals surface area contributed by atoms with E-state index >= 15 is 0 Å². The van der Waals surface area contributed by atoms with E-state index in [0.717, 1.165) is 19.3 Å². The van der Waals surface area contributed by atoms with Gasteiger partial charge in [-0.2, -0.15) is 0 Å². The van der Waals surface area contributed by atoms with Crippen LogP contribution >= 0.6 is 0 Å². The zero-order chi connectivity index (χ0) is 15.0. The van der Waals surface area contributed by atoms with E-state index in [4.69, 9.17) is 5.73 Å². The van der Waals surface area contributed by atoms with E-state index in [2.05, 4.69) is 38.2 Å². The van der Waals surface area contributed by atoms with Crippen molar-refractivity contribution in [2.24, 2.45) is 11.1 Å². The fourth-order valence-electron chi connectivity index (χ4n) is 2.34.